The lowest BCUT2D eigenvalue weighted by molar-refractivity contribution is 0.416. The molecule has 0 N–H and O–H groups in total. The zero-order chi connectivity index (χ0) is 14.7. The number of hydrogen-bond donors (Lipinski definition) is 0. The van der Waals surface area contributed by atoms with Crippen LogP contribution in [0.3, 0.4) is 0 Å². The van der Waals surface area contributed by atoms with Crippen LogP contribution in [0.4, 0.5) is 0 Å². The van der Waals surface area contributed by atoms with E-state index in [1.54, 1.807) is 7.11 Å². The summed E-state index contributed by atoms with van der Waals surface area (Å²) >= 11 is 11.9. The zero-order valence-corrected chi connectivity index (χ0v) is 15.6. The highest BCUT2D eigenvalue weighted by atomic mass is 127. The van der Waals surface area contributed by atoms with Crippen LogP contribution in [0, 0.1) is 3.57 Å². The Morgan fingerprint density at radius 1 is 1.35 bits per heavy atom. The van der Waals surface area contributed by atoms with Gasteiger partial charge >= 0.3 is 0 Å². The molecule has 0 aliphatic heterocycles. The molecule has 1 heterocycles. The molecule has 0 amide bonds. The van der Waals surface area contributed by atoms with Gasteiger partial charge in [0, 0.05) is 4.47 Å². The van der Waals surface area contributed by atoms with Gasteiger partial charge in [-0.15, -0.1) is 0 Å². The number of hydrogen-bond acceptors (Lipinski definition) is 3. The first-order chi connectivity index (χ1) is 9.56. The Kier molecular flexibility index (Phi) is 5.63. The molecule has 0 radical (unpaired) electrons. The van der Waals surface area contributed by atoms with Gasteiger partial charge in [0.25, 0.3) is 0 Å². The molecule has 0 saturated carbocycles. The Bertz CT molecular complexity index is 637. The number of benzene rings is 1. The molecule has 20 heavy (non-hydrogen) atoms. The molecule has 2 aromatic rings. The molecule has 0 atom stereocenters. The van der Waals surface area contributed by atoms with Crippen molar-refractivity contribution in [2.75, 3.05) is 7.11 Å². The zero-order valence-electron chi connectivity index (χ0n) is 11.1. The lowest BCUT2D eigenvalue weighted by Crippen LogP contribution is -2.01. The lowest BCUT2D eigenvalue weighted by atomic mass is 10.1. The average molecular weight is 468 g/mol. The second kappa shape index (κ2) is 7.04. The largest absolute Gasteiger partial charge is 0.496 e. The van der Waals surface area contributed by atoms with Crippen molar-refractivity contribution in [3.63, 3.8) is 0 Å². The van der Waals surface area contributed by atoms with E-state index >= 15 is 0 Å². The Labute approximate surface area is 145 Å². The van der Waals surface area contributed by atoms with Crippen LogP contribution in [0.5, 0.6) is 5.75 Å². The van der Waals surface area contributed by atoms with Gasteiger partial charge < -0.3 is 4.74 Å². The Balaban J connectivity index is 2.60. The number of nitrogens with zero attached hydrogens (tertiary/aromatic N) is 2. The van der Waals surface area contributed by atoms with Crippen molar-refractivity contribution in [1.29, 1.82) is 0 Å². The summed E-state index contributed by atoms with van der Waals surface area (Å²) in [6.07, 6.45) is 1.89. The average Bonchev–Trinajstić information content (AvgIpc) is 2.43. The molecular weight excluding hydrogens is 454 g/mol. The monoisotopic (exact) mass is 466 g/mol. The summed E-state index contributed by atoms with van der Waals surface area (Å²) in [5.41, 5.74) is 1.81. The minimum atomic E-state index is 0.487. The van der Waals surface area contributed by atoms with Crippen molar-refractivity contribution < 1.29 is 4.74 Å². The maximum absolute atomic E-state index is 6.23. The van der Waals surface area contributed by atoms with Crippen LogP contribution in [-0.4, -0.2) is 17.1 Å². The van der Waals surface area contributed by atoms with Crippen molar-refractivity contribution in [3.8, 4) is 17.1 Å². The fraction of sp³-hybridized carbons (Fsp3) is 0.286. The third kappa shape index (κ3) is 3.43. The summed E-state index contributed by atoms with van der Waals surface area (Å²) in [4.78, 5) is 9.02. The van der Waals surface area contributed by atoms with Gasteiger partial charge in [0.1, 0.15) is 10.9 Å². The van der Waals surface area contributed by atoms with Gasteiger partial charge in [-0.3, -0.25) is 0 Å². The molecule has 106 valence electrons. The second-order valence-corrected chi connectivity index (χ2v) is 6.55. The summed E-state index contributed by atoms with van der Waals surface area (Å²) in [7, 11) is 1.63. The number of methoxy groups -OCH3 is 1. The van der Waals surface area contributed by atoms with Gasteiger partial charge in [-0.1, -0.05) is 40.9 Å². The van der Waals surface area contributed by atoms with Crippen molar-refractivity contribution in [2.24, 2.45) is 0 Å². The van der Waals surface area contributed by atoms with Gasteiger partial charge in [0.05, 0.1) is 21.9 Å². The molecule has 0 fully saturated rings. The van der Waals surface area contributed by atoms with E-state index in [-0.39, 0.29) is 0 Å². The fourth-order valence-corrected chi connectivity index (χ4v) is 2.90. The molecule has 0 unspecified atom stereocenters. The van der Waals surface area contributed by atoms with E-state index in [9.17, 15) is 0 Å². The molecule has 0 spiro atoms. The first-order valence-corrected chi connectivity index (χ1v) is 8.37. The van der Waals surface area contributed by atoms with E-state index in [0.717, 1.165) is 37.9 Å². The molecule has 0 bridgehead atoms. The number of rotatable bonds is 4. The van der Waals surface area contributed by atoms with Crippen LogP contribution in [0.15, 0.2) is 22.7 Å². The lowest BCUT2D eigenvalue weighted by Gasteiger charge is -2.11. The number of aryl methyl sites for hydroxylation is 1. The van der Waals surface area contributed by atoms with Crippen LogP contribution in [-0.2, 0) is 6.42 Å². The highest BCUT2D eigenvalue weighted by Gasteiger charge is 2.15. The van der Waals surface area contributed by atoms with E-state index in [4.69, 9.17) is 16.3 Å². The standard InChI is InChI=1S/C14H13BrClIN2O/c1-3-4-10-12(17)13(16)19-14(18-10)9-7-8(15)5-6-11(9)20-2/h5-7H,3-4H2,1-2H3. The summed E-state index contributed by atoms with van der Waals surface area (Å²) in [5.74, 6) is 1.32. The van der Waals surface area contributed by atoms with E-state index in [2.05, 4.69) is 55.4 Å². The second-order valence-electron chi connectivity index (χ2n) is 4.19. The normalized spacial score (nSPS) is 10.7. The van der Waals surface area contributed by atoms with Crippen molar-refractivity contribution in [3.05, 3.63) is 37.1 Å². The highest BCUT2D eigenvalue weighted by molar-refractivity contribution is 14.1. The number of aromatic nitrogens is 2. The summed E-state index contributed by atoms with van der Waals surface area (Å²) in [6, 6.07) is 5.74. The molecule has 0 aliphatic rings. The van der Waals surface area contributed by atoms with Crippen LogP contribution >= 0.6 is 50.1 Å². The Hall–Kier alpha value is -0.400. The molecule has 1 aromatic heterocycles. The molecule has 2 rings (SSSR count). The van der Waals surface area contributed by atoms with E-state index in [1.165, 1.54) is 0 Å². The first-order valence-electron chi connectivity index (χ1n) is 6.12. The molecule has 0 saturated heterocycles. The molecule has 6 heteroatoms. The fourth-order valence-electron chi connectivity index (χ4n) is 1.84. The SMILES string of the molecule is CCCc1nc(-c2cc(Br)ccc2OC)nc(Cl)c1I. The molecule has 3 nitrogen and oxygen atoms in total. The van der Waals surface area contributed by atoms with Crippen molar-refractivity contribution in [1.82, 2.24) is 9.97 Å². The van der Waals surface area contributed by atoms with Crippen LogP contribution in [0.1, 0.15) is 19.0 Å². The van der Waals surface area contributed by atoms with E-state index < -0.39 is 0 Å². The van der Waals surface area contributed by atoms with E-state index in [1.807, 2.05) is 18.2 Å². The minimum Gasteiger partial charge on any atom is -0.496 e. The maximum atomic E-state index is 6.23. The molecular formula is C14H13BrClIN2O. The Morgan fingerprint density at radius 3 is 2.75 bits per heavy atom. The molecule has 1 aromatic carbocycles. The third-order valence-corrected chi connectivity index (χ3v) is 4.99. The smallest absolute Gasteiger partial charge is 0.164 e. The van der Waals surface area contributed by atoms with Crippen LogP contribution in [0.25, 0.3) is 11.4 Å². The van der Waals surface area contributed by atoms with Crippen LogP contribution < -0.4 is 4.74 Å². The van der Waals surface area contributed by atoms with Gasteiger partial charge in [0.2, 0.25) is 0 Å². The quantitative estimate of drug-likeness (QED) is 0.462. The van der Waals surface area contributed by atoms with E-state index in [0.29, 0.717) is 11.0 Å². The van der Waals surface area contributed by atoms with Crippen LogP contribution in [0.2, 0.25) is 5.15 Å². The van der Waals surface area contributed by atoms with Gasteiger partial charge in [0.15, 0.2) is 5.82 Å². The third-order valence-electron chi connectivity index (χ3n) is 2.77. The number of halogens is 3. The first kappa shape index (κ1) is 16.0. The minimum absolute atomic E-state index is 0.487. The topological polar surface area (TPSA) is 35.0 Å². The molecule has 0 aliphatic carbocycles. The van der Waals surface area contributed by atoms with Gasteiger partial charge in [-0.25, -0.2) is 9.97 Å². The number of ether oxygens (including phenoxy) is 1. The van der Waals surface area contributed by atoms with Crippen molar-refractivity contribution >= 4 is 50.1 Å². The predicted octanol–water partition coefficient (Wildman–Crippen LogP) is 5.13. The van der Waals surface area contributed by atoms with Gasteiger partial charge in [-0.05, 0) is 47.2 Å². The summed E-state index contributed by atoms with van der Waals surface area (Å²) in [6.45, 7) is 2.12. The summed E-state index contributed by atoms with van der Waals surface area (Å²) < 4.78 is 7.25. The van der Waals surface area contributed by atoms with Crippen molar-refractivity contribution in [2.45, 2.75) is 19.8 Å². The summed E-state index contributed by atoms with van der Waals surface area (Å²) in [5, 5.41) is 0.487. The maximum Gasteiger partial charge on any atom is 0.164 e. The van der Waals surface area contributed by atoms with Gasteiger partial charge in [-0.2, -0.15) is 0 Å². The Morgan fingerprint density at radius 2 is 2.10 bits per heavy atom. The highest BCUT2D eigenvalue weighted by Crippen LogP contribution is 2.32. The predicted molar refractivity (Wildman–Crippen MR) is 93.4 cm³/mol.